The number of hydrogen-bond acceptors (Lipinski definition) is 2. The van der Waals surface area contributed by atoms with Gasteiger partial charge in [0.1, 0.15) is 0 Å². The van der Waals surface area contributed by atoms with Crippen LogP contribution in [0.2, 0.25) is 0 Å². The molecule has 1 fully saturated rings. The maximum atomic E-state index is 5.91. The smallest absolute Gasteiger partial charge is 0.0388 e. The Kier molecular flexibility index (Phi) is 4.19. The topological polar surface area (TPSA) is 29.3 Å². The lowest BCUT2D eigenvalue weighted by molar-refractivity contribution is 0.242. The summed E-state index contributed by atoms with van der Waals surface area (Å²) in [6.07, 6.45) is 2.35. The number of aryl methyl sites for hydroxylation is 1. The molecule has 0 radical (unpaired) electrons. The predicted octanol–water partition coefficient (Wildman–Crippen LogP) is 2.59. The van der Waals surface area contributed by atoms with Crippen molar-refractivity contribution < 1.29 is 0 Å². The molecule has 2 nitrogen and oxygen atoms in total. The van der Waals surface area contributed by atoms with Crippen LogP contribution < -0.4 is 5.73 Å². The van der Waals surface area contributed by atoms with E-state index in [2.05, 4.69) is 43.0 Å². The lowest BCUT2D eigenvalue weighted by atomic mass is 9.93. The quantitative estimate of drug-likeness (QED) is 0.864. The van der Waals surface area contributed by atoms with Gasteiger partial charge in [-0.15, -0.1) is 0 Å². The fraction of sp³-hybridized carbons (Fsp3) is 0.600. The van der Waals surface area contributed by atoms with Crippen LogP contribution in [0.3, 0.4) is 0 Å². The Morgan fingerprint density at radius 3 is 2.47 bits per heavy atom. The lowest BCUT2D eigenvalue weighted by Gasteiger charge is -2.27. The highest BCUT2D eigenvalue weighted by Gasteiger charge is 2.33. The van der Waals surface area contributed by atoms with E-state index in [-0.39, 0.29) is 0 Å². The molecule has 1 aromatic carbocycles. The highest BCUT2D eigenvalue weighted by atomic mass is 15.2. The molecule has 2 N–H and O–H groups in total. The summed E-state index contributed by atoms with van der Waals surface area (Å²) >= 11 is 0. The maximum Gasteiger partial charge on any atom is 0.0388 e. The fourth-order valence-corrected chi connectivity index (χ4v) is 2.96. The number of nitrogens with two attached hydrogens (primary N) is 1. The van der Waals surface area contributed by atoms with E-state index in [1.807, 2.05) is 0 Å². The summed E-state index contributed by atoms with van der Waals surface area (Å²) in [7, 11) is 0. The Balaban J connectivity index is 2.22. The number of likely N-dealkylation sites (tertiary alicyclic amines) is 1. The molecule has 0 spiro atoms. The molecule has 17 heavy (non-hydrogen) atoms. The van der Waals surface area contributed by atoms with Gasteiger partial charge in [0, 0.05) is 6.04 Å². The highest BCUT2D eigenvalue weighted by molar-refractivity contribution is 5.26. The number of rotatable bonds is 4. The van der Waals surface area contributed by atoms with Gasteiger partial charge in [-0.25, -0.2) is 0 Å². The summed E-state index contributed by atoms with van der Waals surface area (Å²) in [5, 5.41) is 0. The number of hydrogen-bond donors (Lipinski definition) is 1. The zero-order valence-corrected chi connectivity index (χ0v) is 11.0. The highest BCUT2D eigenvalue weighted by Crippen LogP contribution is 2.36. The van der Waals surface area contributed by atoms with Gasteiger partial charge in [-0.3, -0.25) is 4.90 Å². The zero-order valence-electron chi connectivity index (χ0n) is 11.0. The van der Waals surface area contributed by atoms with Gasteiger partial charge in [0.05, 0.1) is 0 Å². The molecule has 94 valence electrons. The van der Waals surface area contributed by atoms with Crippen molar-refractivity contribution in [2.75, 3.05) is 19.6 Å². The normalized spacial score (nSPS) is 25.4. The molecule has 2 heteroatoms. The van der Waals surface area contributed by atoms with Gasteiger partial charge in [0.25, 0.3) is 0 Å². The second kappa shape index (κ2) is 5.65. The van der Waals surface area contributed by atoms with Crippen molar-refractivity contribution in [2.24, 2.45) is 11.7 Å². The summed E-state index contributed by atoms with van der Waals surface area (Å²) in [6, 6.07) is 9.64. The Morgan fingerprint density at radius 1 is 1.24 bits per heavy atom. The van der Waals surface area contributed by atoms with Crippen LogP contribution in [0.15, 0.2) is 24.3 Å². The lowest BCUT2D eigenvalue weighted by Crippen LogP contribution is -2.28. The Bertz CT molecular complexity index is 332. The molecule has 0 bridgehead atoms. The molecule has 0 aromatic heterocycles. The first-order valence-corrected chi connectivity index (χ1v) is 6.83. The van der Waals surface area contributed by atoms with Crippen LogP contribution in [0, 0.1) is 5.92 Å². The van der Waals surface area contributed by atoms with Crippen LogP contribution >= 0.6 is 0 Å². The molecule has 2 unspecified atom stereocenters. The van der Waals surface area contributed by atoms with Gasteiger partial charge in [-0.1, -0.05) is 38.1 Å². The first kappa shape index (κ1) is 12.6. The third kappa shape index (κ3) is 2.53. The molecule has 1 saturated heterocycles. The molecule has 1 aliphatic rings. The van der Waals surface area contributed by atoms with Crippen molar-refractivity contribution in [3.63, 3.8) is 0 Å². The van der Waals surface area contributed by atoms with Crippen molar-refractivity contribution in [1.82, 2.24) is 4.90 Å². The van der Waals surface area contributed by atoms with Gasteiger partial charge in [0.2, 0.25) is 0 Å². The molecule has 0 amide bonds. The van der Waals surface area contributed by atoms with E-state index in [0.29, 0.717) is 12.0 Å². The van der Waals surface area contributed by atoms with Gasteiger partial charge >= 0.3 is 0 Å². The van der Waals surface area contributed by atoms with Crippen molar-refractivity contribution in [2.45, 2.75) is 32.7 Å². The van der Waals surface area contributed by atoms with Crippen molar-refractivity contribution in [3.05, 3.63) is 35.4 Å². The molecular formula is C15H24N2. The Labute approximate surface area is 105 Å². The minimum absolute atomic E-state index is 0.538. The molecule has 2 rings (SSSR count). The fourth-order valence-electron chi connectivity index (χ4n) is 2.96. The van der Waals surface area contributed by atoms with Crippen molar-refractivity contribution in [1.29, 1.82) is 0 Å². The van der Waals surface area contributed by atoms with E-state index < -0.39 is 0 Å². The van der Waals surface area contributed by atoms with Crippen molar-refractivity contribution >= 4 is 0 Å². The Hall–Kier alpha value is -0.860. The van der Waals surface area contributed by atoms with E-state index in [9.17, 15) is 0 Å². The minimum Gasteiger partial charge on any atom is -0.330 e. The summed E-state index contributed by atoms with van der Waals surface area (Å²) in [4.78, 5) is 2.55. The average molecular weight is 232 g/mol. The second-order valence-electron chi connectivity index (χ2n) is 4.95. The summed E-state index contributed by atoms with van der Waals surface area (Å²) in [6.45, 7) is 7.56. The van der Waals surface area contributed by atoms with Crippen LogP contribution in [-0.2, 0) is 6.42 Å². The molecule has 0 saturated carbocycles. The van der Waals surface area contributed by atoms with E-state index in [0.717, 1.165) is 19.5 Å². The van der Waals surface area contributed by atoms with E-state index in [1.54, 1.807) is 0 Å². The van der Waals surface area contributed by atoms with Crippen LogP contribution in [0.5, 0.6) is 0 Å². The monoisotopic (exact) mass is 232 g/mol. The Morgan fingerprint density at radius 2 is 1.94 bits per heavy atom. The van der Waals surface area contributed by atoms with Gasteiger partial charge < -0.3 is 5.73 Å². The predicted molar refractivity (Wildman–Crippen MR) is 73.0 cm³/mol. The van der Waals surface area contributed by atoms with E-state index in [1.165, 1.54) is 24.1 Å². The first-order valence-electron chi connectivity index (χ1n) is 6.83. The maximum absolute atomic E-state index is 5.91. The zero-order chi connectivity index (χ0) is 12.3. The van der Waals surface area contributed by atoms with Gasteiger partial charge in [-0.2, -0.15) is 0 Å². The molecule has 0 aliphatic carbocycles. The van der Waals surface area contributed by atoms with Crippen LogP contribution in [0.4, 0.5) is 0 Å². The summed E-state index contributed by atoms with van der Waals surface area (Å²) in [5.41, 5.74) is 8.77. The van der Waals surface area contributed by atoms with E-state index >= 15 is 0 Å². The minimum atomic E-state index is 0.538. The second-order valence-corrected chi connectivity index (χ2v) is 4.95. The SMILES string of the molecule is CCc1ccc(C2C(CN)CCN2CC)cc1. The first-order chi connectivity index (χ1) is 8.30. The van der Waals surface area contributed by atoms with Crippen LogP contribution in [0.1, 0.15) is 37.4 Å². The van der Waals surface area contributed by atoms with Crippen molar-refractivity contribution in [3.8, 4) is 0 Å². The third-order valence-electron chi connectivity index (χ3n) is 4.07. The molecule has 1 aliphatic heterocycles. The van der Waals surface area contributed by atoms with Gasteiger partial charge in [-0.05, 0) is 49.5 Å². The van der Waals surface area contributed by atoms with Crippen LogP contribution in [-0.4, -0.2) is 24.5 Å². The summed E-state index contributed by atoms with van der Waals surface area (Å²) < 4.78 is 0. The third-order valence-corrected chi connectivity index (χ3v) is 4.07. The number of nitrogens with zero attached hydrogens (tertiary/aromatic N) is 1. The molecule has 1 heterocycles. The van der Waals surface area contributed by atoms with Gasteiger partial charge in [0.15, 0.2) is 0 Å². The number of benzene rings is 1. The average Bonchev–Trinajstić information content (AvgIpc) is 2.81. The molecule has 2 atom stereocenters. The molecular weight excluding hydrogens is 208 g/mol. The largest absolute Gasteiger partial charge is 0.330 e. The standard InChI is InChI=1S/C15H24N2/c1-3-12-5-7-13(8-6-12)15-14(11-16)9-10-17(15)4-2/h5-8,14-15H,3-4,9-11,16H2,1-2H3. The van der Waals surface area contributed by atoms with E-state index in [4.69, 9.17) is 5.73 Å². The molecule has 1 aromatic rings. The van der Waals surface area contributed by atoms with Crippen LogP contribution in [0.25, 0.3) is 0 Å². The summed E-state index contributed by atoms with van der Waals surface area (Å²) in [5.74, 6) is 0.627.